The number of benzene rings is 2. The van der Waals surface area contributed by atoms with Crippen molar-refractivity contribution in [3.63, 3.8) is 0 Å². The highest BCUT2D eigenvalue weighted by molar-refractivity contribution is 5.99. The standard InChI is InChI=1S/C20H23N3O4/c1-11-8-12(2)17(13(3)9-11)23-18(24)14(4)27-19(25)15-6-5-7-16(10-15)22-20(21)26/h5-10,14H,1-4H3,(H,23,24)(H3,21,22,26)/t14-/m1/s1. The maximum absolute atomic E-state index is 12.4. The van der Waals surface area contributed by atoms with Gasteiger partial charge in [0.2, 0.25) is 0 Å². The molecule has 3 amide bonds. The molecule has 0 saturated carbocycles. The summed E-state index contributed by atoms with van der Waals surface area (Å²) in [5.41, 5.74) is 9.30. The maximum atomic E-state index is 12.4. The molecule has 0 fully saturated rings. The van der Waals surface area contributed by atoms with E-state index in [9.17, 15) is 14.4 Å². The molecule has 0 heterocycles. The molecule has 0 spiro atoms. The average Bonchev–Trinajstić information content (AvgIpc) is 2.57. The second kappa shape index (κ2) is 8.35. The molecule has 142 valence electrons. The molecular formula is C20H23N3O4. The van der Waals surface area contributed by atoms with Crippen LogP contribution < -0.4 is 16.4 Å². The number of hydrogen-bond donors (Lipinski definition) is 3. The van der Waals surface area contributed by atoms with Gasteiger partial charge in [0.1, 0.15) is 0 Å². The van der Waals surface area contributed by atoms with E-state index in [1.165, 1.54) is 19.1 Å². The van der Waals surface area contributed by atoms with Gasteiger partial charge in [0.05, 0.1) is 5.56 Å². The highest BCUT2D eigenvalue weighted by Gasteiger charge is 2.20. The third-order valence-electron chi connectivity index (χ3n) is 3.94. The number of ether oxygens (including phenoxy) is 1. The van der Waals surface area contributed by atoms with Gasteiger partial charge in [0.25, 0.3) is 5.91 Å². The first-order valence-electron chi connectivity index (χ1n) is 8.43. The Balaban J connectivity index is 2.06. The van der Waals surface area contributed by atoms with E-state index in [4.69, 9.17) is 10.5 Å². The monoisotopic (exact) mass is 369 g/mol. The quantitative estimate of drug-likeness (QED) is 0.702. The predicted molar refractivity (Wildman–Crippen MR) is 104 cm³/mol. The Morgan fingerprint density at radius 2 is 1.63 bits per heavy atom. The molecule has 0 radical (unpaired) electrons. The molecule has 0 aliphatic heterocycles. The zero-order valence-corrected chi connectivity index (χ0v) is 15.8. The number of nitrogens with one attached hydrogen (secondary N) is 2. The van der Waals surface area contributed by atoms with E-state index in [1.807, 2.05) is 32.9 Å². The first-order chi connectivity index (χ1) is 12.7. The molecule has 1 atom stereocenters. The van der Waals surface area contributed by atoms with Crippen LogP contribution >= 0.6 is 0 Å². The van der Waals surface area contributed by atoms with E-state index < -0.39 is 24.0 Å². The van der Waals surface area contributed by atoms with Crippen molar-refractivity contribution in [2.75, 3.05) is 10.6 Å². The van der Waals surface area contributed by atoms with Crippen molar-refractivity contribution in [2.45, 2.75) is 33.8 Å². The number of anilines is 2. The fourth-order valence-corrected chi connectivity index (χ4v) is 2.75. The number of urea groups is 1. The van der Waals surface area contributed by atoms with Crippen LogP contribution in [0.4, 0.5) is 16.2 Å². The van der Waals surface area contributed by atoms with Crippen molar-refractivity contribution in [1.29, 1.82) is 0 Å². The molecule has 27 heavy (non-hydrogen) atoms. The van der Waals surface area contributed by atoms with Gasteiger partial charge in [-0.15, -0.1) is 0 Å². The minimum Gasteiger partial charge on any atom is -0.449 e. The van der Waals surface area contributed by atoms with Gasteiger partial charge in [0, 0.05) is 11.4 Å². The Morgan fingerprint density at radius 3 is 2.22 bits per heavy atom. The zero-order chi connectivity index (χ0) is 20.1. The number of rotatable bonds is 5. The second-order valence-corrected chi connectivity index (χ2v) is 6.38. The highest BCUT2D eigenvalue weighted by atomic mass is 16.5. The summed E-state index contributed by atoms with van der Waals surface area (Å²) in [5, 5.41) is 5.19. The van der Waals surface area contributed by atoms with Crippen LogP contribution in [0.2, 0.25) is 0 Å². The molecule has 0 aromatic heterocycles. The van der Waals surface area contributed by atoms with E-state index in [0.29, 0.717) is 11.4 Å². The van der Waals surface area contributed by atoms with Crippen molar-refractivity contribution in [1.82, 2.24) is 0 Å². The first-order valence-corrected chi connectivity index (χ1v) is 8.43. The minimum atomic E-state index is -0.995. The van der Waals surface area contributed by atoms with E-state index in [1.54, 1.807) is 12.1 Å². The largest absolute Gasteiger partial charge is 0.449 e. The summed E-state index contributed by atoms with van der Waals surface area (Å²) in [5.74, 6) is -1.10. The van der Waals surface area contributed by atoms with Crippen molar-refractivity contribution >= 4 is 29.3 Å². The fourth-order valence-electron chi connectivity index (χ4n) is 2.75. The number of esters is 1. The number of aryl methyl sites for hydroxylation is 3. The van der Waals surface area contributed by atoms with Gasteiger partial charge in [-0.05, 0) is 57.0 Å². The van der Waals surface area contributed by atoms with E-state index in [2.05, 4.69) is 10.6 Å². The molecular weight excluding hydrogens is 346 g/mol. The summed E-state index contributed by atoms with van der Waals surface area (Å²) in [6, 6.07) is 9.30. The number of hydrogen-bond acceptors (Lipinski definition) is 4. The molecule has 0 bridgehead atoms. The molecule has 0 aliphatic carbocycles. The summed E-state index contributed by atoms with van der Waals surface area (Å²) >= 11 is 0. The van der Waals surface area contributed by atoms with Crippen molar-refractivity contribution in [3.8, 4) is 0 Å². The third-order valence-corrected chi connectivity index (χ3v) is 3.94. The maximum Gasteiger partial charge on any atom is 0.338 e. The van der Waals surface area contributed by atoms with Crippen LogP contribution in [0.15, 0.2) is 36.4 Å². The molecule has 2 rings (SSSR count). The third kappa shape index (κ3) is 5.31. The van der Waals surface area contributed by atoms with Crippen molar-refractivity contribution in [2.24, 2.45) is 5.73 Å². The van der Waals surface area contributed by atoms with Gasteiger partial charge < -0.3 is 21.1 Å². The lowest BCUT2D eigenvalue weighted by molar-refractivity contribution is -0.123. The van der Waals surface area contributed by atoms with Crippen LogP contribution in [0.3, 0.4) is 0 Å². The average molecular weight is 369 g/mol. The number of carbonyl (C=O) groups is 3. The van der Waals surface area contributed by atoms with Gasteiger partial charge in [-0.25, -0.2) is 9.59 Å². The van der Waals surface area contributed by atoms with Crippen LogP contribution in [0, 0.1) is 20.8 Å². The minimum absolute atomic E-state index is 0.198. The first kappa shape index (κ1) is 20.0. The Kier molecular flexibility index (Phi) is 6.18. The summed E-state index contributed by atoms with van der Waals surface area (Å²) < 4.78 is 5.24. The fraction of sp³-hybridized carbons (Fsp3) is 0.250. The summed E-state index contributed by atoms with van der Waals surface area (Å²) in [4.78, 5) is 35.6. The molecule has 4 N–H and O–H groups in total. The molecule has 2 aromatic rings. The zero-order valence-electron chi connectivity index (χ0n) is 15.8. The summed E-state index contributed by atoms with van der Waals surface area (Å²) in [6.07, 6.45) is -0.995. The van der Waals surface area contributed by atoms with E-state index in [0.717, 1.165) is 16.7 Å². The van der Waals surface area contributed by atoms with Crippen LogP contribution in [-0.2, 0) is 9.53 Å². The lowest BCUT2D eigenvalue weighted by Crippen LogP contribution is -2.30. The van der Waals surface area contributed by atoms with Crippen molar-refractivity contribution < 1.29 is 19.1 Å². The Bertz CT molecular complexity index is 870. The summed E-state index contributed by atoms with van der Waals surface area (Å²) in [6.45, 7) is 7.29. The number of primary amides is 1. The van der Waals surface area contributed by atoms with Gasteiger partial charge >= 0.3 is 12.0 Å². The molecule has 2 aromatic carbocycles. The number of nitrogens with two attached hydrogens (primary N) is 1. The Hall–Kier alpha value is -3.35. The topological polar surface area (TPSA) is 111 Å². The lowest BCUT2D eigenvalue weighted by atomic mass is 10.0. The molecule has 0 saturated heterocycles. The van der Waals surface area contributed by atoms with Gasteiger partial charge in [-0.2, -0.15) is 0 Å². The van der Waals surface area contributed by atoms with Crippen LogP contribution in [0.5, 0.6) is 0 Å². The predicted octanol–water partition coefficient (Wildman–Crippen LogP) is 3.29. The Labute approximate surface area is 157 Å². The van der Waals surface area contributed by atoms with Gasteiger partial charge in [0.15, 0.2) is 6.10 Å². The normalized spacial score (nSPS) is 11.4. The SMILES string of the molecule is Cc1cc(C)c(NC(=O)[C@@H](C)OC(=O)c2cccc(NC(N)=O)c2)c(C)c1. The second-order valence-electron chi connectivity index (χ2n) is 6.38. The van der Waals surface area contributed by atoms with Gasteiger partial charge in [-0.1, -0.05) is 23.8 Å². The van der Waals surface area contributed by atoms with Crippen LogP contribution in [0.1, 0.15) is 34.0 Å². The van der Waals surface area contributed by atoms with Crippen LogP contribution in [0.25, 0.3) is 0 Å². The van der Waals surface area contributed by atoms with E-state index >= 15 is 0 Å². The van der Waals surface area contributed by atoms with Crippen LogP contribution in [-0.4, -0.2) is 24.0 Å². The highest BCUT2D eigenvalue weighted by Crippen LogP contribution is 2.22. The summed E-state index contributed by atoms with van der Waals surface area (Å²) in [7, 11) is 0. The van der Waals surface area contributed by atoms with E-state index in [-0.39, 0.29) is 5.56 Å². The smallest absolute Gasteiger partial charge is 0.338 e. The molecule has 0 unspecified atom stereocenters. The number of carbonyl (C=O) groups excluding carboxylic acids is 3. The van der Waals surface area contributed by atoms with Gasteiger partial charge in [-0.3, -0.25) is 4.79 Å². The molecule has 7 heteroatoms. The molecule has 0 aliphatic rings. The number of amides is 3. The molecule has 7 nitrogen and oxygen atoms in total. The lowest BCUT2D eigenvalue weighted by Gasteiger charge is -2.17. The van der Waals surface area contributed by atoms with Crippen molar-refractivity contribution in [3.05, 3.63) is 58.7 Å². The Morgan fingerprint density at radius 1 is 1.00 bits per heavy atom.